The Balaban J connectivity index is 1.80. The number of aromatic nitrogens is 5. The summed E-state index contributed by atoms with van der Waals surface area (Å²) in [6.07, 6.45) is 1.72. The van der Waals surface area contributed by atoms with Crippen molar-refractivity contribution in [3.63, 3.8) is 0 Å². The van der Waals surface area contributed by atoms with Crippen LogP contribution in [0.3, 0.4) is 0 Å². The van der Waals surface area contributed by atoms with Crippen molar-refractivity contribution in [1.29, 1.82) is 0 Å². The number of rotatable bonds is 4. The predicted molar refractivity (Wildman–Crippen MR) is 68.4 cm³/mol. The summed E-state index contributed by atoms with van der Waals surface area (Å²) in [5.74, 6) is 0.963. The lowest BCUT2D eigenvalue weighted by Crippen LogP contribution is -2.00. The molecule has 0 aliphatic carbocycles. The van der Waals surface area contributed by atoms with Gasteiger partial charge in [0.1, 0.15) is 12.3 Å². The van der Waals surface area contributed by atoms with E-state index in [1.807, 2.05) is 0 Å². The lowest BCUT2D eigenvalue weighted by molar-refractivity contribution is 0.364. The molecule has 20 heavy (non-hydrogen) atoms. The van der Waals surface area contributed by atoms with Crippen molar-refractivity contribution in [2.75, 3.05) is 0 Å². The molecule has 0 fully saturated rings. The first-order valence-corrected chi connectivity index (χ1v) is 5.95. The Morgan fingerprint density at radius 2 is 2.25 bits per heavy atom. The van der Waals surface area contributed by atoms with E-state index in [1.165, 1.54) is 0 Å². The van der Waals surface area contributed by atoms with E-state index in [0.29, 0.717) is 36.1 Å². The van der Waals surface area contributed by atoms with Gasteiger partial charge in [-0.1, -0.05) is 22.5 Å². The SMILES string of the molecule is NCc1cn(Cc2nc(-c3cccc(O)c3)no2)nn1. The summed E-state index contributed by atoms with van der Waals surface area (Å²) in [6, 6.07) is 6.65. The molecule has 2 aromatic heterocycles. The molecule has 0 radical (unpaired) electrons. The molecule has 1 aromatic carbocycles. The fraction of sp³-hybridized carbons (Fsp3) is 0.167. The molecule has 0 bridgehead atoms. The number of hydrogen-bond acceptors (Lipinski definition) is 7. The maximum atomic E-state index is 9.43. The molecule has 0 saturated carbocycles. The zero-order valence-electron chi connectivity index (χ0n) is 10.5. The summed E-state index contributed by atoms with van der Waals surface area (Å²) in [6.45, 7) is 0.650. The summed E-state index contributed by atoms with van der Waals surface area (Å²) in [5.41, 5.74) is 6.83. The molecule has 0 atom stereocenters. The Hall–Kier alpha value is -2.74. The van der Waals surface area contributed by atoms with Crippen molar-refractivity contribution in [1.82, 2.24) is 25.1 Å². The number of aromatic hydroxyl groups is 1. The summed E-state index contributed by atoms with van der Waals surface area (Å²) >= 11 is 0. The van der Waals surface area contributed by atoms with Crippen molar-refractivity contribution >= 4 is 0 Å². The van der Waals surface area contributed by atoms with Crippen molar-refractivity contribution in [3.8, 4) is 17.1 Å². The molecule has 3 rings (SSSR count). The molecule has 8 nitrogen and oxygen atoms in total. The molecule has 0 spiro atoms. The fourth-order valence-corrected chi connectivity index (χ4v) is 1.73. The van der Waals surface area contributed by atoms with Crippen LogP contribution in [0.5, 0.6) is 5.75 Å². The minimum atomic E-state index is 0.151. The van der Waals surface area contributed by atoms with Crippen LogP contribution in [0, 0.1) is 0 Å². The van der Waals surface area contributed by atoms with Gasteiger partial charge in [-0.2, -0.15) is 4.98 Å². The van der Waals surface area contributed by atoms with E-state index in [4.69, 9.17) is 10.3 Å². The standard InChI is InChI=1S/C12H12N6O2/c13-5-9-6-18(17-15-9)7-11-14-12(16-20-11)8-2-1-3-10(19)4-8/h1-4,6,19H,5,7,13H2. The van der Waals surface area contributed by atoms with Crippen LogP contribution in [0.25, 0.3) is 11.4 Å². The minimum absolute atomic E-state index is 0.151. The van der Waals surface area contributed by atoms with E-state index < -0.39 is 0 Å². The van der Waals surface area contributed by atoms with Crippen LogP contribution in [-0.2, 0) is 13.1 Å². The van der Waals surface area contributed by atoms with Gasteiger partial charge in [-0.3, -0.25) is 0 Å². The van der Waals surface area contributed by atoms with Crippen LogP contribution in [0.1, 0.15) is 11.6 Å². The van der Waals surface area contributed by atoms with Crippen molar-refractivity contribution in [2.24, 2.45) is 5.73 Å². The number of phenolic OH excluding ortho intramolecular Hbond substituents is 1. The molecule has 0 amide bonds. The van der Waals surface area contributed by atoms with Crippen LogP contribution in [-0.4, -0.2) is 30.2 Å². The lowest BCUT2D eigenvalue weighted by Gasteiger charge is -1.94. The van der Waals surface area contributed by atoms with Gasteiger partial charge in [0.05, 0.1) is 11.9 Å². The topological polar surface area (TPSA) is 116 Å². The second-order valence-corrected chi connectivity index (χ2v) is 4.17. The summed E-state index contributed by atoms with van der Waals surface area (Å²) in [5, 5.41) is 21.1. The van der Waals surface area contributed by atoms with E-state index in [-0.39, 0.29) is 5.75 Å². The molecule has 0 aliphatic heterocycles. The highest BCUT2D eigenvalue weighted by Crippen LogP contribution is 2.20. The fourth-order valence-electron chi connectivity index (χ4n) is 1.73. The smallest absolute Gasteiger partial charge is 0.248 e. The highest BCUT2D eigenvalue weighted by atomic mass is 16.5. The molecule has 102 valence electrons. The van der Waals surface area contributed by atoms with Crippen molar-refractivity contribution in [2.45, 2.75) is 13.1 Å². The Kier molecular flexibility index (Phi) is 3.13. The molecule has 3 aromatic rings. The maximum Gasteiger partial charge on any atom is 0.248 e. The first-order valence-electron chi connectivity index (χ1n) is 5.95. The molecule has 8 heteroatoms. The van der Waals surface area contributed by atoms with Gasteiger partial charge in [-0.05, 0) is 12.1 Å². The molecular formula is C12H12N6O2. The summed E-state index contributed by atoms with van der Waals surface area (Å²) in [7, 11) is 0. The number of phenols is 1. The van der Waals surface area contributed by atoms with Gasteiger partial charge in [0.15, 0.2) is 0 Å². The average Bonchev–Trinajstić information content (AvgIpc) is 3.08. The van der Waals surface area contributed by atoms with Crippen molar-refractivity contribution < 1.29 is 9.63 Å². The molecule has 0 aliphatic rings. The molecule has 3 N–H and O–H groups in total. The van der Waals surface area contributed by atoms with Gasteiger partial charge in [0.25, 0.3) is 0 Å². The maximum absolute atomic E-state index is 9.43. The third-order valence-electron chi connectivity index (χ3n) is 2.66. The normalized spacial score (nSPS) is 10.8. The predicted octanol–water partition coefficient (Wildman–Crippen LogP) is 0.541. The van der Waals surface area contributed by atoms with Gasteiger partial charge in [0.2, 0.25) is 11.7 Å². The molecule has 0 saturated heterocycles. The third-order valence-corrected chi connectivity index (χ3v) is 2.66. The highest BCUT2D eigenvalue weighted by molar-refractivity contribution is 5.56. The van der Waals surface area contributed by atoms with Crippen molar-refractivity contribution in [3.05, 3.63) is 42.0 Å². The number of nitrogens with two attached hydrogens (primary N) is 1. The van der Waals surface area contributed by atoms with Gasteiger partial charge < -0.3 is 15.4 Å². The van der Waals surface area contributed by atoms with Crippen LogP contribution < -0.4 is 5.73 Å². The molecular weight excluding hydrogens is 260 g/mol. The second kappa shape index (κ2) is 5.10. The molecule has 0 unspecified atom stereocenters. The number of benzene rings is 1. The number of nitrogens with zero attached hydrogens (tertiary/aromatic N) is 5. The van der Waals surface area contributed by atoms with Gasteiger partial charge >= 0.3 is 0 Å². The first kappa shape index (κ1) is 12.3. The van der Waals surface area contributed by atoms with Crippen LogP contribution in [0.4, 0.5) is 0 Å². The monoisotopic (exact) mass is 272 g/mol. The zero-order valence-corrected chi connectivity index (χ0v) is 10.5. The highest BCUT2D eigenvalue weighted by Gasteiger charge is 2.10. The third kappa shape index (κ3) is 2.50. The van der Waals surface area contributed by atoms with Crippen LogP contribution >= 0.6 is 0 Å². The Morgan fingerprint density at radius 1 is 1.35 bits per heavy atom. The Bertz CT molecular complexity index is 720. The van der Waals surface area contributed by atoms with E-state index in [2.05, 4.69) is 20.5 Å². The Morgan fingerprint density at radius 3 is 3.00 bits per heavy atom. The van der Waals surface area contributed by atoms with E-state index >= 15 is 0 Å². The van der Waals surface area contributed by atoms with Crippen LogP contribution in [0.15, 0.2) is 35.0 Å². The minimum Gasteiger partial charge on any atom is -0.508 e. The van der Waals surface area contributed by atoms with E-state index in [9.17, 15) is 5.11 Å². The van der Waals surface area contributed by atoms with Gasteiger partial charge in [-0.15, -0.1) is 5.10 Å². The zero-order chi connectivity index (χ0) is 13.9. The lowest BCUT2D eigenvalue weighted by atomic mass is 10.2. The number of hydrogen-bond donors (Lipinski definition) is 2. The van der Waals surface area contributed by atoms with Gasteiger partial charge in [0, 0.05) is 12.1 Å². The van der Waals surface area contributed by atoms with E-state index in [0.717, 1.165) is 0 Å². The quantitative estimate of drug-likeness (QED) is 0.712. The first-order chi connectivity index (χ1) is 9.74. The summed E-state index contributed by atoms with van der Waals surface area (Å²) < 4.78 is 6.71. The average molecular weight is 272 g/mol. The van der Waals surface area contributed by atoms with E-state index in [1.54, 1.807) is 35.1 Å². The van der Waals surface area contributed by atoms with Gasteiger partial charge in [-0.25, -0.2) is 4.68 Å². The molecule has 2 heterocycles. The van der Waals surface area contributed by atoms with Crippen LogP contribution in [0.2, 0.25) is 0 Å². The summed E-state index contributed by atoms with van der Waals surface area (Å²) in [4.78, 5) is 4.24. The largest absolute Gasteiger partial charge is 0.508 e. The second-order valence-electron chi connectivity index (χ2n) is 4.17. The Labute approximate surface area is 113 Å².